The van der Waals surface area contributed by atoms with Crippen molar-refractivity contribution >= 4 is 11.6 Å². The predicted octanol–water partition coefficient (Wildman–Crippen LogP) is 0.774. The lowest BCUT2D eigenvalue weighted by molar-refractivity contribution is 0.179. The molecule has 0 spiro atoms. The zero-order valence-electron chi connectivity index (χ0n) is 11.2. The van der Waals surface area contributed by atoms with Crippen LogP contribution in [0.15, 0.2) is 35.6 Å². The predicted molar refractivity (Wildman–Crippen MR) is 75.0 cm³/mol. The van der Waals surface area contributed by atoms with Crippen LogP contribution in [0, 0.1) is 0 Å². The molecule has 2 aromatic heterocycles. The average Bonchev–Trinajstić information content (AvgIpc) is 2.79. The molecule has 0 aliphatic rings. The Kier molecular flexibility index (Phi) is 4.35. The number of hydrogen-bond donors (Lipinski definition) is 2. The van der Waals surface area contributed by atoms with E-state index in [0.717, 1.165) is 11.3 Å². The number of aliphatic imine (C=N–C) groups is 1. The second-order valence-corrected chi connectivity index (χ2v) is 4.40. The molecule has 1 unspecified atom stereocenters. The Labute approximate surface area is 112 Å². The summed E-state index contributed by atoms with van der Waals surface area (Å²) in [5.41, 5.74) is 7.59. The smallest absolute Gasteiger partial charge is 0.189 e. The normalized spacial score (nSPS) is 13.7. The molecule has 0 aromatic carbocycles. The second-order valence-electron chi connectivity index (χ2n) is 4.40. The fourth-order valence-electron chi connectivity index (χ4n) is 1.82. The van der Waals surface area contributed by atoms with Crippen LogP contribution >= 0.6 is 0 Å². The van der Waals surface area contributed by atoms with E-state index >= 15 is 0 Å². The first kappa shape index (κ1) is 13.4. The van der Waals surface area contributed by atoms with Crippen molar-refractivity contribution in [2.24, 2.45) is 10.7 Å². The van der Waals surface area contributed by atoms with Crippen molar-refractivity contribution in [3.63, 3.8) is 0 Å². The highest BCUT2D eigenvalue weighted by molar-refractivity contribution is 5.78. The number of hydrogen-bond acceptors (Lipinski definition) is 3. The van der Waals surface area contributed by atoms with Gasteiger partial charge in [-0.1, -0.05) is 6.07 Å². The minimum atomic E-state index is 0.134. The van der Waals surface area contributed by atoms with E-state index in [2.05, 4.69) is 15.3 Å². The molecule has 3 N–H and O–H groups in total. The molecular formula is C13H19N5O. The van der Waals surface area contributed by atoms with E-state index in [-0.39, 0.29) is 6.04 Å². The molecule has 0 fully saturated rings. The number of aromatic nitrogens is 2. The molecule has 2 rings (SSSR count). The van der Waals surface area contributed by atoms with Crippen LogP contribution in [0.1, 0.15) is 12.6 Å². The van der Waals surface area contributed by atoms with Crippen molar-refractivity contribution < 1.29 is 4.74 Å². The van der Waals surface area contributed by atoms with Gasteiger partial charge < -0.3 is 20.2 Å². The molecule has 0 saturated carbocycles. The molecule has 0 radical (unpaired) electrons. The van der Waals surface area contributed by atoms with E-state index in [9.17, 15) is 0 Å². The van der Waals surface area contributed by atoms with E-state index < -0.39 is 0 Å². The van der Waals surface area contributed by atoms with Crippen LogP contribution < -0.4 is 11.1 Å². The Balaban J connectivity index is 1.97. The molecule has 0 bridgehead atoms. The Morgan fingerprint density at radius 1 is 1.58 bits per heavy atom. The first-order valence-corrected chi connectivity index (χ1v) is 6.17. The molecule has 0 aliphatic carbocycles. The van der Waals surface area contributed by atoms with Crippen molar-refractivity contribution in [1.29, 1.82) is 0 Å². The van der Waals surface area contributed by atoms with Gasteiger partial charge in [-0.3, -0.25) is 0 Å². The molecular weight excluding hydrogens is 242 g/mol. The standard InChI is InChI=1S/C13H19N5O/c1-10(9-19-2)16-13(14)15-7-11-8-18-6-4-3-5-12(18)17-11/h3-6,8,10H,7,9H2,1-2H3,(H3,14,15,16). The maximum atomic E-state index is 5.80. The molecule has 2 aromatic rings. The van der Waals surface area contributed by atoms with Gasteiger partial charge in [0.1, 0.15) is 5.65 Å². The SMILES string of the molecule is COCC(C)NC(N)=NCc1cn2ccccc2n1. The molecule has 19 heavy (non-hydrogen) atoms. The van der Waals surface area contributed by atoms with Crippen LogP contribution in [-0.4, -0.2) is 35.1 Å². The van der Waals surface area contributed by atoms with Crippen LogP contribution in [0.2, 0.25) is 0 Å². The molecule has 0 aliphatic heterocycles. The highest BCUT2D eigenvalue weighted by Gasteiger charge is 2.03. The van der Waals surface area contributed by atoms with Crippen LogP contribution in [0.25, 0.3) is 5.65 Å². The van der Waals surface area contributed by atoms with E-state index in [1.807, 2.05) is 41.9 Å². The van der Waals surface area contributed by atoms with Gasteiger partial charge in [0, 0.05) is 25.5 Å². The Morgan fingerprint density at radius 3 is 3.16 bits per heavy atom. The minimum Gasteiger partial charge on any atom is -0.383 e. The van der Waals surface area contributed by atoms with Crippen molar-refractivity contribution in [2.45, 2.75) is 19.5 Å². The van der Waals surface area contributed by atoms with Crippen LogP contribution in [0.4, 0.5) is 0 Å². The third kappa shape index (κ3) is 3.69. The van der Waals surface area contributed by atoms with Gasteiger partial charge in [0.25, 0.3) is 0 Å². The highest BCUT2D eigenvalue weighted by atomic mass is 16.5. The quantitative estimate of drug-likeness (QED) is 0.616. The number of nitrogens with zero attached hydrogens (tertiary/aromatic N) is 3. The number of imidazole rings is 1. The van der Waals surface area contributed by atoms with Gasteiger partial charge in [-0.05, 0) is 19.1 Å². The summed E-state index contributed by atoms with van der Waals surface area (Å²) in [4.78, 5) is 8.71. The third-order valence-electron chi connectivity index (χ3n) is 2.64. The van der Waals surface area contributed by atoms with E-state index in [0.29, 0.717) is 19.1 Å². The number of pyridine rings is 1. The number of fused-ring (bicyclic) bond motifs is 1. The van der Waals surface area contributed by atoms with Crippen molar-refractivity contribution in [1.82, 2.24) is 14.7 Å². The third-order valence-corrected chi connectivity index (χ3v) is 2.64. The number of methoxy groups -OCH3 is 1. The number of guanidine groups is 1. The van der Waals surface area contributed by atoms with E-state index in [1.165, 1.54) is 0 Å². The van der Waals surface area contributed by atoms with Crippen molar-refractivity contribution in [2.75, 3.05) is 13.7 Å². The summed E-state index contributed by atoms with van der Waals surface area (Å²) in [5, 5.41) is 3.05. The average molecular weight is 261 g/mol. The summed E-state index contributed by atoms with van der Waals surface area (Å²) < 4.78 is 6.98. The maximum absolute atomic E-state index is 5.80. The van der Waals surface area contributed by atoms with E-state index in [4.69, 9.17) is 10.5 Å². The van der Waals surface area contributed by atoms with Crippen LogP contribution in [-0.2, 0) is 11.3 Å². The monoisotopic (exact) mass is 261 g/mol. The lowest BCUT2D eigenvalue weighted by atomic mass is 10.4. The number of nitrogens with two attached hydrogens (primary N) is 1. The van der Waals surface area contributed by atoms with Gasteiger partial charge in [0.2, 0.25) is 0 Å². The first-order valence-electron chi connectivity index (χ1n) is 6.17. The first-order chi connectivity index (χ1) is 9.19. The summed E-state index contributed by atoms with van der Waals surface area (Å²) in [5.74, 6) is 0.404. The van der Waals surface area contributed by atoms with Gasteiger partial charge in [-0.25, -0.2) is 9.98 Å². The number of rotatable bonds is 5. The molecule has 6 nitrogen and oxygen atoms in total. The summed E-state index contributed by atoms with van der Waals surface area (Å²) in [7, 11) is 1.65. The van der Waals surface area contributed by atoms with Gasteiger partial charge >= 0.3 is 0 Å². The van der Waals surface area contributed by atoms with Crippen LogP contribution in [0.5, 0.6) is 0 Å². The Hall–Kier alpha value is -2.08. The molecule has 0 saturated heterocycles. The molecule has 6 heteroatoms. The van der Waals surface area contributed by atoms with Crippen molar-refractivity contribution in [3.05, 3.63) is 36.3 Å². The van der Waals surface area contributed by atoms with Gasteiger partial charge in [0.15, 0.2) is 5.96 Å². The zero-order valence-corrected chi connectivity index (χ0v) is 11.2. The molecule has 1 atom stereocenters. The summed E-state index contributed by atoms with van der Waals surface area (Å²) >= 11 is 0. The molecule has 0 amide bonds. The summed E-state index contributed by atoms with van der Waals surface area (Å²) in [6.07, 6.45) is 3.91. The van der Waals surface area contributed by atoms with Gasteiger partial charge in [0.05, 0.1) is 18.8 Å². The maximum Gasteiger partial charge on any atom is 0.189 e. The van der Waals surface area contributed by atoms with Crippen molar-refractivity contribution in [3.8, 4) is 0 Å². The van der Waals surface area contributed by atoms with Gasteiger partial charge in [-0.15, -0.1) is 0 Å². The summed E-state index contributed by atoms with van der Waals surface area (Å²) in [6.45, 7) is 3.03. The van der Waals surface area contributed by atoms with Gasteiger partial charge in [-0.2, -0.15) is 0 Å². The second kappa shape index (κ2) is 6.19. The van der Waals surface area contributed by atoms with Crippen LogP contribution in [0.3, 0.4) is 0 Å². The fraction of sp³-hybridized carbons (Fsp3) is 0.385. The Morgan fingerprint density at radius 2 is 2.42 bits per heavy atom. The lowest BCUT2D eigenvalue weighted by Gasteiger charge is -2.12. The van der Waals surface area contributed by atoms with E-state index in [1.54, 1.807) is 7.11 Å². The molecule has 2 heterocycles. The largest absolute Gasteiger partial charge is 0.383 e. The lowest BCUT2D eigenvalue weighted by Crippen LogP contribution is -2.40. The topological polar surface area (TPSA) is 76.9 Å². The Bertz CT molecular complexity index is 530. The fourth-order valence-corrected chi connectivity index (χ4v) is 1.82. The highest BCUT2D eigenvalue weighted by Crippen LogP contribution is 2.05. The minimum absolute atomic E-state index is 0.134. The number of ether oxygens (including phenoxy) is 1. The zero-order chi connectivity index (χ0) is 13.7. The molecule has 102 valence electrons. The number of nitrogens with one attached hydrogen (secondary N) is 1. The summed E-state index contributed by atoms with van der Waals surface area (Å²) in [6, 6.07) is 6.01.